The fourth-order valence-corrected chi connectivity index (χ4v) is 1.61. The van der Waals surface area contributed by atoms with Gasteiger partial charge in [0.05, 0.1) is 5.56 Å². The molecule has 0 bridgehead atoms. The van der Waals surface area contributed by atoms with Gasteiger partial charge in [-0.2, -0.15) is 13.2 Å². The molecule has 0 radical (unpaired) electrons. The maximum atomic E-state index is 12.7. The second-order valence-electron chi connectivity index (χ2n) is 4.23. The molecule has 2 N–H and O–H groups in total. The van der Waals surface area contributed by atoms with Crippen LogP contribution in [0.15, 0.2) is 18.3 Å². The number of rotatable bonds is 6. The molecule has 106 valence electrons. The molecule has 1 heterocycles. The number of aliphatic carboxylic acids is 1. The van der Waals surface area contributed by atoms with Gasteiger partial charge in [0.25, 0.3) is 0 Å². The standard InChI is InChI=1S/C12H15F3N2O2/c1-8(4-2-6-10(18)19)17-11-9(12(13,14)15)5-3-7-16-11/h3,5,7-8H,2,4,6H2,1H3,(H,16,17)(H,18,19). The number of carbonyl (C=O) groups is 1. The van der Waals surface area contributed by atoms with Gasteiger partial charge in [-0.05, 0) is 31.9 Å². The Morgan fingerprint density at radius 1 is 1.53 bits per heavy atom. The first-order valence-corrected chi connectivity index (χ1v) is 5.81. The van der Waals surface area contributed by atoms with Crippen LogP contribution in [0.2, 0.25) is 0 Å². The summed E-state index contributed by atoms with van der Waals surface area (Å²) in [5, 5.41) is 11.2. The van der Waals surface area contributed by atoms with E-state index in [1.807, 2.05) is 0 Å². The second-order valence-corrected chi connectivity index (χ2v) is 4.23. The summed E-state index contributed by atoms with van der Waals surface area (Å²) in [5.74, 6) is -1.14. The lowest BCUT2D eigenvalue weighted by atomic mass is 10.1. The molecule has 0 saturated heterocycles. The lowest BCUT2D eigenvalue weighted by Gasteiger charge is -2.17. The monoisotopic (exact) mass is 276 g/mol. The van der Waals surface area contributed by atoms with Crippen LogP contribution in [0.4, 0.5) is 19.0 Å². The van der Waals surface area contributed by atoms with Crippen molar-refractivity contribution in [2.75, 3.05) is 5.32 Å². The Bertz CT molecular complexity index is 435. The normalized spacial score (nSPS) is 13.1. The third kappa shape index (κ3) is 5.15. The van der Waals surface area contributed by atoms with E-state index >= 15 is 0 Å². The van der Waals surface area contributed by atoms with E-state index in [9.17, 15) is 18.0 Å². The number of carboxylic acid groups (broad SMARTS) is 1. The van der Waals surface area contributed by atoms with Gasteiger partial charge in [-0.15, -0.1) is 0 Å². The Labute approximate surface area is 108 Å². The summed E-state index contributed by atoms with van der Waals surface area (Å²) in [5.41, 5.74) is -0.819. The minimum atomic E-state index is -4.46. The molecule has 0 aliphatic carbocycles. The van der Waals surface area contributed by atoms with Gasteiger partial charge in [0.1, 0.15) is 5.82 Å². The van der Waals surface area contributed by atoms with Crippen LogP contribution in [-0.2, 0) is 11.0 Å². The number of carboxylic acids is 1. The van der Waals surface area contributed by atoms with E-state index in [0.29, 0.717) is 12.8 Å². The molecule has 1 unspecified atom stereocenters. The first-order chi connectivity index (χ1) is 8.80. The van der Waals surface area contributed by atoms with E-state index in [0.717, 1.165) is 6.07 Å². The van der Waals surface area contributed by atoms with Crippen LogP contribution >= 0.6 is 0 Å². The Morgan fingerprint density at radius 2 is 2.21 bits per heavy atom. The average molecular weight is 276 g/mol. The van der Waals surface area contributed by atoms with Crippen LogP contribution in [0.25, 0.3) is 0 Å². The van der Waals surface area contributed by atoms with Crippen molar-refractivity contribution in [1.82, 2.24) is 4.98 Å². The second kappa shape index (κ2) is 6.40. The fourth-order valence-electron chi connectivity index (χ4n) is 1.61. The van der Waals surface area contributed by atoms with E-state index in [2.05, 4.69) is 10.3 Å². The third-order valence-electron chi connectivity index (χ3n) is 2.52. The summed E-state index contributed by atoms with van der Waals surface area (Å²) < 4.78 is 38.1. The number of hydrogen-bond donors (Lipinski definition) is 2. The highest BCUT2D eigenvalue weighted by molar-refractivity contribution is 5.66. The number of nitrogens with zero attached hydrogens (tertiary/aromatic N) is 1. The van der Waals surface area contributed by atoms with E-state index in [1.54, 1.807) is 6.92 Å². The SMILES string of the molecule is CC(CCCC(=O)O)Nc1ncccc1C(F)(F)F. The summed E-state index contributed by atoms with van der Waals surface area (Å²) in [6.07, 6.45) is -2.32. The minimum absolute atomic E-state index is 0.000363. The summed E-state index contributed by atoms with van der Waals surface area (Å²) in [4.78, 5) is 14.0. The van der Waals surface area contributed by atoms with Gasteiger partial charge in [-0.1, -0.05) is 0 Å². The Kier molecular flexibility index (Phi) is 5.14. The first-order valence-electron chi connectivity index (χ1n) is 5.81. The van der Waals surface area contributed by atoms with Crippen molar-refractivity contribution in [1.29, 1.82) is 0 Å². The van der Waals surface area contributed by atoms with E-state index in [1.165, 1.54) is 12.3 Å². The molecule has 1 rings (SSSR count). The summed E-state index contributed by atoms with van der Waals surface area (Å²) in [6.45, 7) is 1.69. The van der Waals surface area contributed by atoms with Crippen molar-refractivity contribution in [3.63, 3.8) is 0 Å². The maximum absolute atomic E-state index is 12.7. The smallest absolute Gasteiger partial charge is 0.419 e. The number of pyridine rings is 1. The maximum Gasteiger partial charge on any atom is 0.419 e. The van der Waals surface area contributed by atoms with Crippen molar-refractivity contribution >= 4 is 11.8 Å². The van der Waals surface area contributed by atoms with Gasteiger partial charge in [0.2, 0.25) is 0 Å². The number of alkyl halides is 3. The van der Waals surface area contributed by atoms with Gasteiger partial charge in [0.15, 0.2) is 0 Å². The van der Waals surface area contributed by atoms with Crippen LogP contribution < -0.4 is 5.32 Å². The van der Waals surface area contributed by atoms with Crippen molar-refractivity contribution in [3.05, 3.63) is 23.9 Å². The molecule has 0 aromatic carbocycles. The van der Waals surface area contributed by atoms with Gasteiger partial charge in [-0.3, -0.25) is 4.79 Å². The Hall–Kier alpha value is -1.79. The number of nitrogens with one attached hydrogen (secondary N) is 1. The zero-order valence-electron chi connectivity index (χ0n) is 10.4. The number of hydrogen-bond acceptors (Lipinski definition) is 3. The highest BCUT2D eigenvalue weighted by Gasteiger charge is 2.34. The third-order valence-corrected chi connectivity index (χ3v) is 2.52. The fraction of sp³-hybridized carbons (Fsp3) is 0.500. The average Bonchev–Trinajstić information content (AvgIpc) is 2.27. The van der Waals surface area contributed by atoms with E-state index in [-0.39, 0.29) is 18.3 Å². The zero-order valence-corrected chi connectivity index (χ0v) is 10.4. The highest BCUT2D eigenvalue weighted by Crippen LogP contribution is 2.33. The molecule has 0 aliphatic rings. The van der Waals surface area contributed by atoms with E-state index < -0.39 is 17.7 Å². The van der Waals surface area contributed by atoms with Crippen molar-refractivity contribution in [2.24, 2.45) is 0 Å². The lowest BCUT2D eigenvalue weighted by molar-refractivity contribution is -0.138. The van der Waals surface area contributed by atoms with Gasteiger partial charge >= 0.3 is 12.1 Å². The summed E-state index contributed by atoms with van der Waals surface area (Å²) >= 11 is 0. The molecular weight excluding hydrogens is 261 g/mol. The molecule has 1 atom stereocenters. The molecule has 1 aromatic heterocycles. The summed E-state index contributed by atoms with van der Waals surface area (Å²) in [6, 6.07) is 1.90. The molecule has 0 fully saturated rings. The quantitative estimate of drug-likeness (QED) is 0.837. The molecular formula is C12H15F3N2O2. The lowest BCUT2D eigenvalue weighted by Crippen LogP contribution is -2.20. The predicted molar refractivity (Wildman–Crippen MR) is 63.8 cm³/mol. The molecule has 4 nitrogen and oxygen atoms in total. The van der Waals surface area contributed by atoms with Gasteiger partial charge < -0.3 is 10.4 Å². The molecule has 1 aromatic rings. The Balaban J connectivity index is 2.64. The number of aromatic nitrogens is 1. The topological polar surface area (TPSA) is 62.2 Å². The molecule has 7 heteroatoms. The van der Waals surface area contributed by atoms with Gasteiger partial charge in [0, 0.05) is 18.7 Å². The van der Waals surface area contributed by atoms with Crippen LogP contribution in [0.5, 0.6) is 0 Å². The minimum Gasteiger partial charge on any atom is -0.481 e. The largest absolute Gasteiger partial charge is 0.481 e. The molecule has 0 spiro atoms. The van der Waals surface area contributed by atoms with Crippen molar-refractivity contribution in [2.45, 2.75) is 38.4 Å². The number of halogens is 3. The summed E-state index contributed by atoms with van der Waals surface area (Å²) in [7, 11) is 0. The Morgan fingerprint density at radius 3 is 2.79 bits per heavy atom. The molecule has 0 saturated carbocycles. The molecule has 19 heavy (non-hydrogen) atoms. The van der Waals surface area contributed by atoms with Crippen LogP contribution in [0.3, 0.4) is 0 Å². The van der Waals surface area contributed by atoms with Gasteiger partial charge in [-0.25, -0.2) is 4.98 Å². The van der Waals surface area contributed by atoms with Crippen molar-refractivity contribution in [3.8, 4) is 0 Å². The van der Waals surface area contributed by atoms with Crippen molar-refractivity contribution < 1.29 is 23.1 Å². The molecule has 0 amide bonds. The zero-order chi connectivity index (χ0) is 14.5. The first kappa shape index (κ1) is 15.3. The number of anilines is 1. The van der Waals surface area contributed by atoms with E-state index in [4.69, 9.17) is 5.11 Å². The van der Waals surface area contributed by atoms with Crippen LogP contribution in [0, 0.1) is 0 Å². The predicted octanol–water partition coefficient (Wildman–Crippen LogP) is 3.16. The van der Waals surface area contributed by atoms with Crippen LogP contribution in [0.1, 0.15) is 31.7 Å². The van der Waals surface area contributed by atoms with Crippen LogP contribution in [-0.4, -0.2) is 22.1 Å². The highest BCUT2D eigenvalue weighted by atomic mass is 19.4. The molecule has 0 aliphatic heterocycles.